The lowest BCUT2D eigenvalue weighted by Gasteiger charge is -2.22. The molecule has 0 spiro atoms. The maximum absolute atomic E-state index is 14.2. The Hall–Kier alpha value is -2.41. The second-order valence-electron chi connectivity index (χ2n) is 6.20. The number of hydrogen-bond acceptors (Lipinski definition) is 4. The Morgan fingerprint density at radius 2 is 2.04 bits per heavy atom. The number of aliphatic carboxylic acids is 1. The molecule has 1 aromatic heterocycles. The maximum atomic E-state index is 14.2. The zero-order valence-corrected chi connectivity index (χ0v) is 14.2. The third-order valence-corrected chi connectivity index (χ3v) is 4.73. The van der Waals surface area contributed by atoms with Crippen molar-refractivity contribution >= 4 is 22.8 Å². The van der Waals surface area contributed by atoms with Gasteiger partial charge in [0.15, 0.2) is 11.6 Å². The highest BCUT2D eigenvalue weighted by Gasteiger charge is 2.28. The number of hydrogen-bond donors (Lipinski definition) is 1. The summed E-state index contributed by atoms with van der Waals surface area (Å²) in [6.45, 7) is 2.72. The van der Waals surface area contributed by atoms with Crippen molar-refractivity contribution < 1.29 is 28.6 Å². The SMILES string of the molecule is COc1cc2c(CC(=O)O)c(C)n(C(=O)C3CCOCC3)c2cc1F. The summed E-state index contributed by atoms with van der Waals surface area (Å²) in [4.78, 5) is 24.3. The molecule has 0 radical (unpaired) electrons. The number of halogens is 1. The molecule has 1 aromatic carbocycles. The van der Waals surface area contributed by atoms with Crippen LogP contribution in [0.1, 0.15) is 28.9 Å². The third kappa shape index (κ3) is 3.11. The zero-order chi connectivity index (χ0) is 18.1. The van der Waals surface area contributed by atoms with Crippen LogP contribution in [0, 0.1) is 18.7 Å². The van der Waals surface area contributed by atoms with Crippen LogP contribution in [0.5, 0.6) is 5.75 Å². The predicted octanol–water partition coefficient (Wildman–Crippen LogP) is 2.79. The van der Waals surface area contributed by atoms with E-state index in [1.54, 1.807) is 6.92 Å². The summed E-state index contributed by atoms with van der Waals surface area (Å²) in [6.07, 6.45) is 0.959. The molecule has 1 aliphatic rings. The lowest BCUT2D eigenvalue weighted by atomic mass is 9.99. The van der Waals surface area contributed by atoms with Gasteiger partial charge in [-0.15, -0.1) is 0 Å². The van der Waals surface area contributed by atoms with E-state index in [4.69, 9.17) is 9.47 Å². The van der Waals surface area contributed by atoms with Crippen molar-refractivity contribution in [2.24, 2.45) is 5.92 Å². The molecule has 0 aliphatic carbocycles. The molecule has 134 valence electrons. The van der Waals surface area contributed by atoms with E-state index in [-0.39, 0.29) is 24.0 Å². The molecule has 2 aromatic rings. The summed E-state index contributed by atoms with van der Waals surface area (Å²) >= 11 is 0. The molecule has 0 bridgehead atoms. The highest BCUT2D eigenvalue weighted by molar-refractivity contribution is 5.98. The van der Waals surface area contributed by atoms with Gasteiger partial charge in [-0.25, -0.2) is 4.39 Å². The van der Waals surface area contributed by atoms with Crippen molar-refractivity contribution in [3.8, 4) is 5.75 Å². The number of fused-ring (bicyclic) bond motifs is 1. The number of aromatic nitrogens is 1. The van der Waals surface area contributed by atoms with Crippen molar-refractivity contribution in [1.82, 2.24) is 4.57 Å². The molecular formula is C18H20FNO5. The lowest BCUT2D eigenvalue weighted by Crippen LogP contribution is -2.28. The fourth-order valence-corrected chi connectivity index (χ4v) is 3.42. The van der Waals surface area contributed by atoms with Gasteiger partial charge in [-0.2, -0.15) is 0 Å². The highest BCUT2D eigenvalue weighted by atomic mass is 19.1. The van der Waals surface area contributed by atoms with Crippen LogP contribution in [0.15, 0.2) is 12.1 Å². The molecule has 7 heteroatoms. The number of nitrogens with zero attached hydrogens (tertiary/aromatic N) is 1. The molecule has 1 N–H and O–H groups in total. The Kier molecular flexibility index (Phi) is 4.76. The molecule has 3 rings (SSSR count). The minimum Gasteiger partial charge on any atom is -0.494 e. The normalized spacial score (nSPS) is 15.5. The first-order valence-electron chi connectivity index (χ1n) is 8.15. The van der Waals surface area contributed by atoms with E-state index in [1.807, 2.05) is 0 Å². The van der Waals surface area contributed by atoms with Crippen LogP contribution >= 0.6 is 0 Å². The number of carbonyl (C=O) groups excluding carboxylic acids is 1. The predicted molar refractivity (Wildman–Crippen MR) is 88.7 cm³/mol. The Bertz CT molecular complexity index is 836. The van der Waals surface area contributed by atoms with E-state index in [2.05, 4.69) is 0 Å². The summed E-state index contributed by atoms with van der Waals surface area (Å²) in [6, 6.07) is 2.70. The van der Waals surface area contributed by atoms with Gasteiger partial charge in [-0.1, -0.05) is 0 Å². The fourth-order valence-electron chi connectivity index (χ4n) is 3.42. The molecule has 0 amide bonds. The average molecular weight is 349 g/mol. The van der Waals surface area contributed by atoms with Gasteiger partial charge >= 0.3 is 5.97 Å². The van der Waals surface area contributed by atoms with Gasteiger partial charge in [0.2, 0.25) is 5.91 Å². The summed E-state index contributed by atoms with van der Waals surface area (Å²) in [5.41, 5.74) is 1.41. The van der Waals surface area contributed by atoms with E-state index < -0.39 is 11.8 Å². The summed E-state index contributed by atoms with van der Waals surface area (Å²) in [5, 5.41) is 9.74. The molecule has 0 atom stereocenters. The van der Waals surface area contributed by atoms with Gasteiger partial charge in [0.25, 0.3) is 0 Å². The number of rotatable bonds is 4. The maximum Gasteiger partial charge on any atom is 0.307 e. The fraction of sp³-hybridized carbons (Fsp3) is 0.444. The van der Waals surface area contributed by atoms with Crippen LogP contribution in [0.2, 0.25) is 0 Å². The van der Waals surface area contributed by atoms with Gasteiger partial charge in [0, 0.05) is 36.3 Å². The molecule has 25 heavy (non-hydrogen) atoms. The Balaban J connectivity index is 2.19. The van der Waals surface area contributed by atoms with E-state index >= 15 is 0 Å². The molecule has 1 saturated heterocycles. The first-order valence-corrected chi connectivity index (χ1v) is 8.15. The number of methoxy groups -OCH3 is 1. The molecule has 1 aliphatic heterocycles. The van der Waals surface area contributed by atoms with E-state index in [1.165, 1.54) is 23.8 Å². The van der Waals surface area contributed by atoms with E-state index in [0.717, 1.165) is 0 Å². The van der Waals surface area contributed by atoms with Gasteiger partial charge < -0.3 is 14.6 Å². The van der Waals surface area contributed by atoms with Crippen molar-refractivity contribution in [2.75, 3.05) is 20.3 Å². The van der Waals surface area contributed by atoms with Gasteiger partial charge in [-0.3, -0.25) is 14.2 Å². The lowest BCUT2D eigenvalue weighted by molar-refractivity contribution is -0.136. The van der Waals surface area contributed by atoms with Gasteiger partial charge in [0.05, 0.1) is 19.0 Å². The smallest absolute Gasteiger partial charge is 0.307 e. The van der Waals surface area contributed by atoms with Gasteiger partial charge in [0.1, 0.15) is 0 Å². The van der Waals surface area contributed by atoms with Crippen molar-refractivity contribution in [1.29, 1.82) is 0 Å². The second-order valence-corrected chi connectivity index (χ2v) is 6.20. The summed E-state index contributed by atoms with van der Waals surface area (Å²) in [7, 11) is 1.35. The summed E-state index contributed by atoms with van der Waals surface area (Å²) < 4.78 is 26.0. The van der Waals surface area contributed by atoms with Crippen LogP contribution in [0.25, 0.3) is 10.9 Å². The minimum absolute atomic E-state index is 0.0230. The zero-order valence-electron chi connectivity index (χ0n) is 14.2. The molecular weight excluding hydrogens is 329 g/mol. The molecule has 2 heterocycles. The molecule has 6 nitrogen and oxygen atoms in total. The Morgan fingerprint density at radius 1 is 1.36 bits per heavy atom. The standard InChI is InChI=1S/C18H20FNO5/c1-10-12(8-17(21)22)13-7-16(24-2)14(19)9-15(13)20(10)18(23)11-3-5-25-6-4-11/h7,9,11H,3-6,8H2,1-2H3,(H,21,22). The Labute approximate surface area is 144 Å². The van der Waals surface area contributed by atoms with Crippen LogP contribution in [-0.4, -0.2) is 41.9 Å². The quantitative estimate of drug-likeness (QED) is 0.918. The summed E-state index contributed by atoms with van der Waals surface area (Å²) in [5.74, 6) is -1.94. The monoisotopic (exact) mass is 349 g/mol. The highest BCUT2D eigenvalue weighted by Crippen LogP contribution is 2.33. The minimum atomic E-state index is -1.01. The van der Waals surface area contributed by atoms with E-state index in [9.17, 15) is 19.1 Å². The average Bonchev–Trinajstić information content (AvgIpc) is 2.85. The topological polar surface area (TPSA) is 77.8 Å². The number of benzene rings is 1. The number of carboxylic acids is 1. The van der Waals surface area contributed by atoms with Crippen LogP contribution in [0.4, 0.5) is 4.39 Å². The first-order chi connectivity index (χ1) is 11.9. The van der Waals surface area contributed by atoms with Crippen LogP contribution in [0.3, 0.4) is 0 Å². The number of ether oxygens (including phenoxy) is 2. The molecule has 1 fully saturated rings. The van der Waals surface area contributed by atoms with Crippen LogP contribution < -0.4 is 4.74 Å². The van der Waals surface area contributed by atoms with Crippen molar-refractivity contribution in [2.45, 2.75) is 26.2 Å². The third-order valence-electron chi connectivity index (χ3n) is 4.73. The molecule has 0 saturated carbocycles. The number of carboxylic acid groups (broad SMARTS) is 1. The molecule has 0 unspecified atom stereocenters. The Morgan fingerprint density at radius 3 is 2.64 bits per heavy atom. The largest absolute Gasteiger partial charge is 0.494 e. The second kappa shape index (κ2) is 6.84. The number of carbonyl (C=O) groups is 2. The van der Waals surface area contributed by atoms with Crippen LogP contribution in [-0.2, 0) is 16.0 Å². The van der Waals surface area contributed by atoms with E-state index in [0.29, 0.717) is 48.2 Å². The first kappa shape index (κ1) is 17.4. The van der Waals surface area contributed by atoms with Crippen molar-refractivity contribution in [3.63, 3.8) is 0 Å². The van der Waals surface area contributed by atoms with Crippen molar-refractivity contribution in [3.05, 3.63) is 29.2 Å². The van der Waals surface area contributed by atoms with Gasteiger partial charge in [-0.05, 0) is 31.4 Å².